The lowest BCUT2D eigenvalue weighted by Crippen LogP contribution is -2.40. The van der Waals surface area contributed by atoms with Crippen molar-refractivity contribution in [2.45, 2.75) is 24.3 Å². The standard InChI is InChI=1S/C13H16ClNO3S/c1-9(13(17)18)15(2)12(16)7-8-19-11-6-4-3-5-10(11)14/h3-6,9H,7-8H2,1-2H3,(H,17,18). The third kappa shape index (κ3) is 4.76. The van der Waals surface area contributed by atoms with E-state index in [0.29, 0.717) is 10.8 Å². The molecule has 19 heavy (non-hydrogen) atoms. The first kappa shape index (κ1) is 15.9. The number of aliphatic carboxylic acids is 1. The van der Waals surface area contributed by atoms with Gasteiger partial charge in [0.1, 0.15) is 6.04 Å². The fraction of sp³-hybridized carbons (Fsp3) is 0.385. The average molecular weight is 302 g/mol. The van der Waals surface area contributed by atoms with Crippen molar-refractivity contribution in [3.8, 4) is 0 Å². The second-order valence-corrected chi connectivity index (χ2v) is 5.59. The van der Waals surface area contributed by atoms with E-state index in [1.54, 1.807) is 6.07 Å². The van der Waals surface area contributed by atoms with Crippen LogP contribution >= 0.6 is 23.4 Å². The molecule has 1 aromatic carbocycles. The Bertz CT molecular complexity index is 467. The van der Waals surface area contributed by atoms with Crippen molar-refractivity contribution in [3.05, 3.63) is 29.3 Å². The van der Waals surface area contributed by atoms with Crippen LogP contribution < -0.4 is 0 Å². The molecule has 0 spiro atoms. The molecule has 0 saturated carbocycles. The molecule has 0 aliphatic heterocycles. The van der Waals surface area contributed by atoms with Crippen molar-refractivity contribution < 1.29 is 14.7 Å². The highest BCUT2D eigenvalue weighted by atomic mass is 35.5. The van der Waals surface area contributed by atoms with Crippen molar-refractivity contribution >= 4 is 35.2 Å². The maximum atomic E-state index is 11.8. The third-order valence-electron chi connectivity index (χ3n) is 2.74. The molecule has 1 amide bonds. The zero-order valence-corrected chi connectivity index (χ0v) is 12.4. The maximum absolute atomic E-state index is 11.8. The number of likely N-dealkylation sites (N-methyl/N-ethyl adjacent to an activating group) is 1. The number of halogens is 1. The summed E-state index contributed by atoms with van der Waals surface area (Å²) in [5.41, 5.74) is 0. The molecule has 1 unspecified atom stereocenters. The summed E-state index contributed by atoms with van der Waals surface area (Å²) in [5, 5.41) is 9.48. The van der Waals surface area contributed by atoms with Gasteiger partial charge in [-0.3, -0.25) is 4.79 Å². The molecular weight excluding hydrogens is 286 g/mol. The lowest BCUT2D eigenvalue weighted by atomic mass is 10.3. The molecular formula is C13H16ClNO3S. The minimum Gasteiger partial charge on any atom is -0.480 e. The monoisotopic (exact) mass is 301 g/mol. The third-order valence-corrected chi connectivity index (χ3v) is 4.26. The smallest absolute Gasteiger partial charge is 0.326 e. The molecule has 1 aromatic rings. The van der Waals surface area contributed by atoms with E-state index in [1.807, 2.05) is 18.2 Å². The van der Waals surface area contributed by atoms with Gasteiger partial charge >= 0.3 is 5.97 Å². The number of amides is 1. The summed E-state index contributed by atoms with van der Waals surface area (Å²) in [7, 11) is 1.50. The molecule has 104 valence electrons. The Balaban J connectivity index is 2.43. The Morgan fingerprint density at radius 2 is 2.05 bits per heavy atom. The predicted molar refractivity (Wildman–Crippen MR) is 76.7 cm³/mol. The minimum atomic E-state index is -1.00. The lowest BCUT2D eigenvalue weighted by molar-refractivity contribution is -0.148. The summed E-state index contributed by atoms with van der Waals surface area (Å²) in [6.07, 6.45) is 0.282. The van der Waals surface area contributed by atoms with Crippen molar-refractivity contribution in [3.63, 3.8) is 0 Å². The minimum absolute atomic E-state index is 0.186. The summed E-state index contributed by atoms with van der Waals surface area (Å²) in [6.45, 7) is 1.49. The molecule has 0 saturated heterocycles. The van der Waals surface area contributed by atoms with Crippen LogP contribution in [0.1, 0.15) is 13.3 Å². The number of hydrogen-bond donors (Lipinski definition) is 1. The van der Waals surface area contributed by atoms with Gasteiger partial charge in [0.15, 0.2) is 0 Å². The van der Waals surface area contributed by atoms with Crippen molar-refractivity contribution in [2.24, 2.45) is 0 Å². The van der Waals surface area contributed by atoms with Gasteiger partial charge in [0.25, 0.3) is 0 Å². The normalized spacial score (nSPS) is 11.9. The van der Waals surface area contributed by atoms with Crippen LogP contribution in [0.2, 0.25) is 5.02 Å². The van der Waals surface area contributed by atoms with Crippen LogP contribution in [0.4, 0.5) is 0 Å². The van der Waals surface area contributed by atoms with Gasteiger partial charge in [-0.05, 0) is 19.1 Å². The highest BCUT2D eigenvalue weighted by molar-refractivity contribution is 7.99. The second kappa shape index (κ2) is 7.40. The molecule has 1 N–H and O–H groups in total. The number of rotatable bonds is 6. The molecule has 1 atom stereocenters. The summed E-state index contributed by atoms with van der Waals surface area (Å²) < 4.78 is 0. The van der Waals surface area contributed by atoms with E-state index in [9.17, 15) is 9.59 Å². The van der Waals surface area contributed by atoms with E-state index in [2.05, 4.69) is 0 Å². The summed E-state index contributed by atoms with van der Waals surface area (Å²) in [6, 6.07) is 6.61. The Hall–Kier alpha value is -1.20. The summed E-state index contributed by atoms with van der Waals surface area (Å²) in [5.74, 6) is -0.622. The zero-order chi connectivity index (χ0) is 14.4. The van der Waals surface area contributed by atoms with E-state index in [4.69, 9.17) is 16.7 Å². The fourth-order valence-corrected chi connectivity index (χ4v) is 2.54. The van der Waals surface area contributed by atoms with Gasteiger partial charge in [0.05, 0.1) is 5.02 Å². The number of carboxylic acid groups (broad SMARTS) is 1. The Kier molecular flexibility index (Phi) is 6.18. The van der Waals surface area contributed by atoms with Gasteiger partial charge < -0.3 is 10.0 Å². The first-order chi connectivity index (χ1) is 8.93. The number of carbonyl (C=O) groups is 2. The highest BCUT2D eigenvalue weighted by Crippen LogP contribution is 2.27. The van der Waals surface area contributed by atoms with Gasteiger partial charge in [0.2, 0.25) is 5.91 Å². The molecule has 0 aliphatic carbocycles. The largest absolute Gasteiger partial charge is 0.480 e. The van der Waals surface area contributed by atoms with Gasteiger partial charge in [-0.25, -0.2) is 4.79 Å². The molecule has 0 aliphatic rings. The quantitative estimate of drug-likeness (QED) is 0.821. The molecule has 0 fully saturated rings. The first-order valence-electron chi connectivity index (χ1n) is 5.79. The van der Waals surface area contributed by atoms with Gasteiger partial charge in [-0.2, -0.15) is 0 Å². The fourth-order valence-electron chi connectivity index (χ4n) is 1.37. The van der Waals surface area contributed by atoms with Crippen LogP contribution in [0.15, 0.2) is 29.2 Å². The SMILES string of the molecule is CC(C(=O)O)N(C)C(=O)CCSc1ccccc1Cl. The highest BCUT2D eigenvalue weighted by Gasteiger charge is 2.21. The van der Waals surface area contributed by atoms with Gasteiger partial charge in [-0.1, -0.05) is 23.7 Å². The number of benzene rings is 1. The zero-order valence-electron chi connectivity index (χ0n) is 10.8. The average Bonchev–Trinajstić information content (AvgIpc) is 2.38. The van der Waals surface area contributed by atoms with Crippen LogP contribution in [-0.2, 0) is 9.59 Å². The second-order valence-electron chi connectivity index (χ2n) is 4.05. The topological polar surface area (TPSA) is 57.6 Å². The number of hydrogen-bond acceptors (Lipinski definition) is 3. The Morgan fingerprint density at radius 1 is 1.42 bits per heavy atom. The molecule has 0 radical (unpaired) electrons. The predicted octanol–water partition coefficient (Wildman–Crippen LogP) is 2.75. The molecule has 0 bridgehead atoms. The maximum Gasteiger partial charge on any atom is 0.326 e. The van der Waals surface area contributed by atoms with Crippen LogP contribution in [0, 0.1) is 0 Å². The number of carboxylic acids is 1. The molecule has 1 rings (SSSR count). The van der Waals surface area contributed by atoms with E-state index in [-0.39, 0.29) is 12.3 Å². The van der Waals surface area contributed by atoms with Crippen molar-refractivity contribution in [1.29, 1.82) is 0 Å². The van der Waals surface area contributed by atoms with Gasteiger partial charge in [-0.15, -0.1) is 11.8 Å². The van der Waals surface area contributed by atoms with Crippen LogP contribution in [0.25, 0.3) is 0 Å². The van der Waals surface area contributed by atoms with Crippen LogP contribution in [0.3, 0.4) is 0 Å². The molecule has 0 aromatic heterocycles. The lowest BCUT2D eigenvalue weighted by Gasteiger charge is -2.21. The van der Waals surface area contributed by atoms with E-state index in [0.717, 1.165) is 4.90 Å². The van der Waals surface area contributed by atoms with Gasteiger partial charge in [0, 0.05) is 24.1 Å². The molecule has 4 nitrogen and oxygen atoms in total. The number of nitrogens with zero attached hydrogens (tertiary/aromatic N) is 1. The molecule has 0 heterocycles. The van der Waals surface area contributed by atoms with E-state index in [1.165, 1.54) is 30.6 Å². The van der Waals surface area contributed by atoms with E-state index < -0.39 is 12.0 Å². The summed E-state index contributed by atoms with van der Waals surface area (Å²) in [4.78, 5) is 24.7. The Labute approximate surface area is 121 Å². The molecule has 6 heteroatoms. The Morgan fingerprint density at radius 3 is 2.63 bits per heavy atom. The first-order valence-corrected chi connectivity index (χ1v) is 7.15. The van der Waals surface area contributed by atoms with Crippen LogP contribution in [0.5, 0.6) is 0 Å². The number of carbonyl (C=O) groups excluding carboxylic acids is 1. The van der Waals surface area contributed by atoms with E-state index >= 15 is 0 Å². The van der Waals surface area contributed by atoms with Crippen molar-refractivity contribution in [2.75, 3.05) is 12.8 Å². The van der Waals surface area contributed by atoms with Crippen molar-refractivity contribution in [1.82, 2.24) is 4.90 Å². The summed E-state index contributed by atoms with van der Waals surface area (Å²) >= 11 is 7.49. The number of thioether (sulfide) groups is 1. The van der Waals surface area contributed by atoms with Crippen LogP contribution in [-0.4, -0.2) is 40.7 Å².